The smallest absolute Gasteiger partial charge is 0.00366 e. The number of hydrogen-bond acceptors (Lipinski definition) is 2. The molecule has 0 spiro atoms. The van der Waals surface area contributed by atoms with E-state index in [1.807, 2.05) is 0 Å². The van der Waals surface area contributed by atoms with Crippen LogP contribution in [0.1, 0.15) is 0 Å². The van der Waals surface area contributed by atoms with Crippen molar-refractivity contribution < 1.29 is 44.0 Å². The molecule has 0 aromatic heterocycles. The summed E-state index contributed by atoms with van der Waals surface area (Å²) in [6.45, 7) is 0. The zero-order chi connectivity index (χ0) is 2.71. The minimum Gasteiger partial charge on any atom is -1.00 e. The Hall–Kier alpha value is 0.573. The molecule has 30 valence electrons. The van der Waals surface area contributed by atoms with E-state index in [1.165, 1.54) is 0 Å². The van der Waals surface area contributed by atoms with Crippen molar-refractivity contribution in [3.63, 3.8) is 0 Å². The van der Waals surface area contributed by atoms with Crippen LogP contribution in [0.5, 0.6) is 0 Å². The second-order valence-electron chi connectivity index (χ2n) is 0.0833. The van der Waals surface area contributed by atoms with Gasteiger partial charge in [-0.15, -0.1) is 0 Å². The van der Waals surface area contributed by atoms with Crippen molar-refractivity contribution in [3.05, 3.63) is 10.1 Å². The van der Waals surface area contributed by atoms with E-state index in [2.05, 4.69) is 0 Å². The fourth-order valence-corrected chi connectivity index (χ4v) is 0. The van der Waals surface area contributed by atoms with Crippen molar-refractivity contribution in [2.24, 2.45) is 0 Å². The average Bonchev–Trinajstić information content (AvgIpc) is 0.918. The summed E-state index contributed by atoms with van der Waals surface area (Å²) in [5, 5.41) is 8.38. The molecule has 0 heterocycles. The van der Waals surface area contributed by atoms with Gasteiger partial charge in [0, 0.05) is 31.5 Å². The van der Waals surface area contributed by atoms with Crippen molar-refractivity contribution >= 4 is 0 Å². The van der Waals surface area contributed by atoms with Gasteiger partial charge in [0.15, 0.2) is 0 Å². The molecule has 0 aliphatic carbocycles. The van der Waals surface area contributed by atoms with Crippen LogP contribution in [-0.2, 0) is 26.2 Å². The van der Waals surface area contributed by atoms with Crippen molar-refractivity contribution in [1.82, 2.24) is 0 Å². The minimum atomic E-state index is 0. The first kappa shape index (κ1) is 17.6. The van der Waals surface area contributed by atoms with Gasteiger partial charge in [0.25, 0.3) is 0 Å². The van der Waals surface area contributed by atoms with Gasteiger partial charge in [-0.25, -0.2) is 0 Å². The van der Waals surface area contributed by atoms with Crippen molar-refractivity contribution in [2.45, 2.75) is 0 Å². The molecule has 0 amide bonds. The van der Waals surface area contributed by atoms with E-state index >= 15 is 0 Å². The molecule has 5 heteroatoms. The van der Waals surface area contributed by atoms with Crippen molar-refractivity contribution in [1.29, 1.82) is 0 Å². The standard InChI is InChI=1S/ClH.HNO2.Zr/c;2-1-3;/h1H;1H;/p-1. The van der Waals surface area contributed by atoms with Gasteiger partial charge in [-0.05, 0) is 0 Å². The molecule has 5 heavy (non-hydrogen) atoms. The maximum Gasteiger partial charge on any atom is 0.00366 e. The molecule has 0 aliphatic rings. The van der Waals surface area contributed by atoms with Gasteiger partial charge >= 0.3 is 0 Å². The summed E-state index contributed by atoms with van der Waals surface area (Å²) in [6.07, 6.45) is 0. The molecule has 0 aromatic rings. The predicted molar refractivity (Wildman–Crippen MR) is 7.70 cm³/mol. The fourth-order valence-electron chi connectivity index (χ4n) is 0. The number of nitrogens with one attached hydrogen (secondary N) is 1. The molecular weight excluding hydrogens is 173 g/mol. The molecule has 0 aliphatic heterocycles. The summed E-state index contributed by atoms with van der Waals surface area (Å²) in [5.41, 5.74) is 0. The van der Waals surface area contributed by atoms with Gasteiger partial charge in [0.05, 0.1) is 0 Å². The zero-order valence-corrected chi connectivity index (χ0v) is 5.41. The second-order valence-corrected chi connectivity index (χ2v) is 0.0833. The van der Waals surface area contributed by atoms with Crippen LogP contribution >= 0.6 is 0 Å². The molecule has 3 nitrogen and oxygen atoms in total. The van der Waals surface area contributed by atoms with E-state index in [0.717, 1.165) is 0 Å². The summed E-state index contributed by atoms with van der Waals surface area (Å²) >= 11 is 0. The normalized spacial score (nSPS) is 2.40. The quantitative estimate of drug-likeness (QED) is 0.296. The van der Waals surface area contributed by atoms with Gasteiger partial charge in [-0.1, -0.05) is 0 Å². The third-order valence-corrected chi connectivity index (χ3v) is 0. The Morgan fingerprint density at radius 3 is 1.60 bits per heavy atom. The molecular formula is HClNO2Zr-. The molecule has 0 bridgehead atoms. The van der Waals surface area contributed by atoms with Gasteiger partial charge < -0.3 is 12.4 Å². The third-order valence-electron chi connectivity index (χ3n) is 0. The maximum atomic E-state index is 8.12. The Labute approximate surface area is 54.2 Å². The molecule has 0 radical (unpaired) electrons. The monoisotopic (exact) mass is 172 g/mol. The van der Waals surface area contributed by atoms with E-state index < -0.39 is 0 Å². The van der Waals surface area contributed by atoms with Gasteiger partial charge in [-0.2, -0.15) is 0 Å². The molecule has 0 atom stereocenters. The SMILES string of the molecule is O=[NH+][O-].[Cl-].[Zr]. The second kappa shape index (κ2) is 23.6. The van der Waals surface area contributed by atoms with E-state index in [-0.39, 0.29) is 44.0 Å². The van der Waals surface area contributed by atoms with Crippen LogP contribution in [0, 0.1) is 10.1 Å². The van der Waals surface area contributed by atoms with Crippen LogP contribution in [0.3, 0.4) is 0 Å². The summed E-state index contributed by atoms with van der Waals surface area (Å²) in [4.78, 5) is 8.12. The Kier molecular flexibility index (Phi) is 83.1. The van der Waals surface area contributed by atoms with Gasteiger partial charge in [-0.3, -0.25) is 10.1 Å². The molecule has 0 unspecified atom stereocenters. The van der Waals surface area contributed by atoms with Crippen LogP contribution in [0.25, 0.3) is 0 Å². The average molecular weight is 174 g/mol. The minimum absolute atomic E-state index is 0. The van der Waals surface area contributed by atoms with E-state index in [0.29, 0.717) is 0 Å². The Balaban J connectivity index is -0.0000000200. The van der Waals surface area contributed by atoms with E-state index in [4.69, 9.17) is 10.1 Å². The van der Waals surface area contributed by atoms with Gasteiger partial charge in [0.1, 0.15) is 0 Å². The number of halogens is 1. The summed E-state index contributed by atoms with van der Waals surface area (Å²) < 4.78 is 0. The fraction of sp³-hybridized carbons (Fsp3) is 0. The molecule has 0 fully saturated rings. The van der Waals surface area contributed by atoms with Crippen LogP contribution in [0.15, 0.2) is 0 Å². The third kappa shape index (κ3) is 92.2. The summed E-state index contributed by atoms with van der Waals surface area (Å²) in [5.74, 6) is 0. The number of hydrogen-bond donors (Lipinski definition) is 1. The van der Waals surface area contributed by atoms with Crippen LogP contribution in [0.2, 0.25) is 0 Å². The topological polar surface area (TPSA) is 54.1 Å². The zero-order valence-electron chi connectivity index (χ0n) is 2.19. The maximum absolute atomic E-state index is 8.12. The van der Waals surface area contributed by atoms with Crippen molar-refractivity contribution in [3.8, 4) is 0 Å². The predicted octanol–water partition coefficient (Wildman–Crippen LogP) is -4.67. The van der Waals surface area contributed by atoms with Crippen molar-refractivity contribution in [2.75, 3.05) is 0 Å². The first-order valence-corrected chi connectivity index (χ1v) is 0.408. The molecule has 0 saturated heterocycles. The molecule has 0 aromatic carbocycles. The number of rotatable bonds is 0. The van der Waals surface area contributed by atoms with Gasteiger partial charge in [0.2, 0.25) is 0 Å². The first-order valence-electron chi connectivity index (χ1n) is 0.408. The Bertz CT molecular complexity index is 17.1. The van der Waals surface area contributed by atoms with Crippen LogP contribution in [0.4, 0.5) is 0 Å². The van der Waals surface area contributed by atoms with E-state index in [9.17, 15) is 0 Å². The molecule has 1 N–H and O–H groups in total. The molecule has 0 rings (SSSR count). The largest absolute Gasteiger partial charge is 1.00 e. The molecule has 0 saturated carbocycles. The van der Waals surface area contributed by atoms with Crippen LogP contribution in [-0.4, -0.2) is 0 Å². The first-order chi connectivity index (χ1) is 1.41. The Morgan fingerprint density at radius 1 is 1.60 bits per heavy atom. The summed E-state index contributed by atoms with van der Waals surface area (Å²) in [6, 6.07) is 0. The summed E-state index contributed by atoms with van der Waals surface area (Å²) in [7, 11) is 0. The Morgan fingerprint density at radius 2 is 1.60 bits per heavy atom. The van der Waals surface area contributed by atoms with E-state index in [1.54, 1.807) is 0 Å². The van der Waals surface area contributed by atoms with Crippen LogP contribution < -0.4 is 17.7 Å².